The number of anilines is 1. The fraction of sp³-hybridized carbons (Fsp3) is 0.200. The molecule has 0 spiro atoms. The quantitative estimate of drug-likeness (QED) is 0.771. The molecule has 134 valence electrons. The van der Waals surface area contributed by atoms with E-state index >= 15 is 0 Å². The highest BCUT2D eigenvalue weighted by Crippen LogP contribution is 2.37. The Kier molecular flexibility index (Phi) is 6.09. The molecule has 2 aromatic carbocycles. The zero-order chi connectivity index (χ0) is 18.4. The lowest BCUT2D eigenvalue weighted by Crippen LogP contribution is -2.32. The number of carbonyl (C=O) groups is 2. The van der Waals surface area contributed by atoms with Gasteiger partial charge in [-0.25, -0.2) is 0 Å². The van der Waals surface area contributed by atoms with Gasteiger partial charge in [0.15, 0.2) is 0 Å². The number of benzene rings is 2. The average molecular weight is 367 g/mol. The van der Waals surface area contributed by atoms with Gasteiger partial charge < -0.3 is 15.5 Å². The molecule has 1 aliphatic heterocycles. The predicted octanol–water partition coefficient (Wildman–Crippen LogP) is 2.86. The summed E-state index contributed by atoms with van der Waals surface area (Å²) in [5, 5.41) is 5.64. The molecule has 0 saturated carbocycles. The minimum Gasteiger partial charge on any atom is -0.351 e. The van der Waals surface area contributed by atoms with Gasteiger partial charge in [0.2, 0.25) is 5.91 Å². The number of fused-ring (bicyclic) bond motifs is 1. The van der Waals surface area contributed by atoms with E-state index in [9.17, 15) is 9.59 Å². The SMILES string of the molecule is CN(CCNC(=O)C=C1Sc2ccccc2NC1=O)Cc1ccccc1. The Labute approximate surface area is 157 Å². The number of nitrogens with zero attached hydrogens (tertiary/aromatic N) is 1. The summed E-state index contributed by atoms with van der Waals surface area (Å²) >= 11 is 1.31. The highest BCUT2D eigenvalue weighted by molar-refractivity contribution is 8.04. The summed E-state index contributed by atoms with van der Waals surface area (Å²) in [5.41, 5.74) is 2.01. The van der Waals surface area contributed by atoms with Crippen LogP contribution < -0.4 is 10.6 Å². The standard InChI is InChI=1S/C20H21N3O2S/c1-23(14-15-7-3-2-4-8-15)12-11-21-19(24)13-18-20(25)22-16-9-5-6-10-17(16)26-18/h2-10,13H,11-12,14H2,1H3,(H,21,24)(H,22,25). The third-order valence-corrected chi connectivity index (χ3v) is 5.03. The Hall–Kier alpha value is -2.57. The normalized spacial score (nSPS) is 14.8. The van der Waals surface area contributed by atoms with Crippen LogP contribution in [0.5, 0.6) is 0 Å². The maximum Gasteiger partial charge on any atom is 0.262 e. The monoisotopic (exact) mass is 367 g/mol. The first-order valence-corrected chi connectivity index (χ1v) is 9.24. The number of amides is 2. The molecule has 0 bridgehead atoms. The smallest absolute Gasteiger partial charge is 0.262 e. The summed E-state index contributed by atoms with van der Waals surface area (Å²) in [6.45, 7) is 2.08. The van der Waals surface area contributed by atoms with Crippen molar-refractivity contribution in [2.75, 3.05) is 25.5 Å². The lowest BCUT2D eigenvalue weighted by Gasteiger charge is -2.18. The number of rotatable bonds is 6. The topological polar surface area (TPSA) is 61.4 Å². The Balaban J connectivity index is 1.48. The minimum absolute atomic E-state index is 0.245. The molecule has 0 unspecified atom stereocenters. The molecule has 5 nitrogen and oxygen atoms in total. The Morgan fingerprint density at radius 2 is 1.88 bits per heavy atom. The van der Waals surface area contributed by atoms with E-state index in [0.29, 0.717) is 11.4 Å². The van der Waals surface area contributed by atoms with E-state index in [4.69, 9.17) is 0 Å². The zero-order valence-corrected chi connectivity index (χ0v) is 15.4. The summed E-state index contributed by atoms with van der Waals surface area (Å²) in [4.78, 5) is 27.7. The van der Waals surface area contributed by atoms with Crippen LogP contribution in [-0.4, -0.2) is 36.9 Å². The van der Waals surface area contributed by atoms with Gasteiger partial charge in [-0.3, -0.25) is 9.59 Å². The van der Waals surface area contributed by atoms with E-state index in [1.165, 1.54) is 23.4 Å². The molecule has 2 N–H and O–H groups in total. The van der Waals surface area contributed by atoms with Gasteiger partial charge in [-0.05, 0) is 24.7 Å². The van der Waals surface area contributed by atoms with Crippen LogP contribution in [0.2, 0.25) is 0 Å². The van der Waals surface area contributed by atoms with Crippen LogP contribution in [0.15, 0.2) is 70.5 Å². The van der Waals surface area contributed by atoms with Crippen molar-refractivity contribution in [3.05, 3.63) is 71.1 Å². The fourth-order valence-corrected chi connectivity index (χ4v) is 3.54. The van der Waals surface area contributed by atoms with Crippen molar-refractivity contribution in [1.29, 1.82) is 0 Å². The first kappa shape index (κ1) is 18.2. The highest BCUT2D eigenvalue weighted by atomic mass is 32.2. The average Bonchev–Trinajstić information content (AvgIpc) is 2.63. The molecule has 0 aromatic heterocycles. The summed E-state index contributed by atoms with van der Waals surface area (Å²) in [5.74, 6) is -0.500. The van der Waals surface area contributed by atoms with Crippen LogP contribution in [0, 0.1) is 0 Å². The molecule has 0 radical (unpaired) electrons. The van der Waals surface area contributed by atoms with Crippen molar-refractivity contribution < 1.29 is 9.59 Å². The lowest BCUT2D eigenvalue weighted by atomic mass is 10.2. The van der Waals surface area contributed by atoms with E-state index in [0.717, 1.165) is 23.7 Å². The zero-order valence-electron chi connectivity index (χ0n) is 14.6. The number of hydrogen-bond donors (Lipinski definition) is 2. The summed E-state index contributed by atoms with van der Waals surface area (Å²) in [6, 6.07) is 17.7. The molecule has 0 saturated heterocycles. The van der Waals surface area contributed by atoms with Crippen LogP contribution >= 0.6 is 11.8 Å². The molecular weight excluding hydrogens is 346 g/mol. The first-order chi connectivity index (χ1) is 12.6. The van der Waals surface area contributed by atoms with Crippen molar-refractivity contribution >= 4 is 29.3 Å². The van der Waals surface area contributed by atoms with Gasteiger partial charge in [0.05, 0.1) is 10.6 Å². The van der Waals surface area contributed by atoms with Gasteiger partial charge in [-0.1, -0.05) is 54.2 Å². The van der Waals surface area contributed by atoms with E-state index in [2.05, 4.69) is 27.7 Å². The number of para-hydroxylation sites is 1. The second kappa shape index (κ2) is 8.69. The lowest BCUT2D eigenvalue weighted by molar-refractivity contribution is -0.117. The van der Waals surface area contributed by atoms with Gasteiger partial charge in [0, 0.05) is 30.6 Å². The van der Waals surface area contributed by atoms with Crippen molar-refractivity contribution in [2.24, 2.45) is 0 Å². The molecule has 1 aliphatic rings. The minimum atomic E-state index is -0.254. The Morgan fingerprint density at radius 1 is 1.15 bits per heavy atom. The van der Waals surface area contributed by atoms with Gasteiger partial charge in [0.25, 0.3) is 5.91 Å². The fourth-order valence-electron chi connectivity index (χ4n) is 2.62. The van der Waals surface area contributed by atoms with E-state index in [-0.39, 0.29) is 11.8 Å². The molecule has 2 amide bonds. The third kappa shape index (κ3) is 4.97. The molecule has 2 aromatic rings. The van der Waals surface area contributed by atoms with Crippen molar-refractivity contribution in [2.45, 2.75) is 11.4 Å². The van der Waals surface area contributed by atoms with Crippen molar-refractivity contribution in [3.8, 4) is 0 Å². The third-order valence-electron chi connectivity index (χ3n) is 3.93. The maximum absolute atomic E-state index is 12.1. The van der Waals surface area contributed by atoms with Crippen molar-refractivity contribution in [3.63, 3.8) is 0 Å². The van der Waals surface area contributed by atoms with Crippen LogP contribution in [0.3, 0.4) is 0 Å². The second-order valence-electron chi connectivity index (χ2n) is 6.08. The first-order valence-electron chi connectivity index (χ1n) is 8.42. The molecule has 1 heterocycles. The number of thioether (sulfide) groups is 1. The van der Waals surface area contributed by atoms with Gasteiger partial charge in [-0.15, -0.1) is 0 Å². The molecule has 0 aliphatic carbocycles. The molecule has 0 fully saturated rings. The van der Waals surface area contributed by atoms with Gasteiger partial charge in [-0.2, -0.15) is 0 Å². The van der Waals surface area contributed by atoms with Gasteiger partial charge in [0.1, 0.15) is 0 Å². The predicted molar refractivity (Wildman–Crippen MR) is 105 cm³/mol. The molecule has 6 heteroatoms. The van der Waals surface area contributed by atoms with Crippen LogP contribution in [0.1, 0.15) is 5.56 Å². The van der Waals surface area contributed by atoms with Crippen LogP contribution in [-0.2, 0) is 16.1 Å². The number of carbonyl (C=O) groups excluding carboxylic acids is 2. The van der Waals surface area contributed by atoms with Crippen molar-refractivity contribution in [1.82, 2.24) is 10.2 Å². The molecule has 3 rings (SSSR count). The second-order valence-corrected chi connectivity index (χ2v) is 7.16. The Morgan fingerprint density at radius 3 is 2.69 bits per heavy atom. The van der Waals surface area contributed by atoms with Crippen LogP contribution in [0.4, 0.5) is 5.69 Å². The van der Waals surface area contributed by atoms with Crippen LogP contribution in [0.25, 0.3) is 0 Å². The summed E-state index contributed by atoms with van der Waals surface area (Å²) in [6.07, 6.45) is 1.37. The van der Waals surface area contributed by atoms with E-state index in [1.807, 2.05) is 49.5 Å². The number of hydrogen-bond acceptors (Lipinski definition) is 4. The summed E-state index contributed by atoms with van der Waals surface area (Å²) in [7, 11) is 2.01. The maximum atomic E-state index is 12.1. The van der Waals surface area contributed by atoms with Gasteiger partial charge >= 0.3 is 0 Å². The van der Waals surface area contributed by atoms with E-state index < -0.39 is 0 Å². The Bertz CT molecular complexity index is 821. The number of likely N-dealkylation sites (N-methyl/N-ethyl adjacent to an activating group) is 1. The molecule has 26 heavy (non-hydrogen) atoms. The van der Waals surface area contributed by atoms with E-state index in [1.54, 1.807) is 0 Å². The summed E-state index contributed by atoms with van der Waals surface area (Å²) < 4.78 is 0. The largest absolute Gasteiger partial charge is 0.351 e. The molecular formula is C20H21N3O2S. The highest BCUT2D eigenvalue weighted by Gasteiger charge is 2.21. The molecule has 0 atom stereocenters. The number of nitrogens with one attached hydrogen (secondary N) is 2.